The van der Waals surface area contributed by atoms with Crippen LogP contribution in [0.2, 0.25) is 0 Å². The Morgan fingerprint density at radius 3 is 2.88 bits per heavy atom. The Morgan fingerprint density at radius 2 is 2.29 bits per heavy atom. The van der Waals surface area contributed by atoms with E-state index in [0.29, 0.717) is 11.5 Å². The highest BCUT2D eigenvalue weighted by atomic mass is 16.4. The first kappa shape index (κ1) is 10.0. The van der Waals surface area contributed by atoms with Gasteiger partial charge in [0.2, 0.25) is 0 Å². The zero-order valence-corrected chi connectivity index (χ0v) is 9.05. The summed E-state index contributed by atoms with van der Waals surface area (Å²) in [5, 5.41) is 9.08. The Morgan fingerprint density at radius 1 is 1.47 bits per heavy atom. The third-order valence-corrected chi connectivity index (χ3v) is 2.85. The second-order valence-electron chi connectivity index (χ2n) is 4.16. The Balaban J connectivity index is 2.09. The van der Waals surface area contributed by atoms with Gasteiger partial charge in [0.05, 0.1) is 17.0 Å². The molecule has 0 aromatic carbocycles. The molecular formula is C12H11N3O2. The molecule has 0 unspecified atom stereocenters. The van der Waals surface area contributed by atoms with E-state index in [1.54, 1.807) is 6.20 Å². The monoisotopic (exact) mass is 229 g/mol. The van der Waals surface area contributed by atoms with Gasteiger partial charge in [-0.05, 0) is 25.0 Å². The fourth-order valence-corrected chi connectivity index (χ4v) is 1.83. The van der Waals surface area contributed by atoms with Crippen molar-refractivity contribution >= 4 is 5.97 Å². The predicted molar refractivity (Wildman–Crippen MR) is 60.8 cm³/mol. The van der Waals surface area contributed by atoms with Crippen molar-refractivity contribution in [2.75, 3.05) is 0 Å². The van der Waals surface area contributed by atoms with E-state index in [1.807, 2.05) is 12.1 Å². The molecule has 2 aromatic heterocycles. The molecule has 0 atom stereocenters. The van der Waals surface area contributed by atoms with Crippen LogP contribution in [0.1, 0.15) is 34.8 Å². The quantitative estimate of drug-likeness (QED) is 0.844. The van der Waals surface area contributed by atoms with E-state index in [4.69, 9.17) is 5.11 Å². The summed E-state index contributed by atoms with van der Waals surface area (Å²) in [7, 11) is 0. The van der Waals surface area contributed by atoms with Crippen LogP contribution in [0.15, 0.2) is 24.5 Å². The van der Waals surface area contributed by atoms with Crippen molar-refractivity contribution in [1.82, 2.24) is 15.0 Å². The van der Waals surface area contributed by atoms with E-state index in [-0.39, 0.29) is 11.5 Å². The SMILES string of the molecule is O=C(O)c1cnc(-c2ccc[nH]2)nc1C1CC1. The van der Waals surface area contributed by atoms with Crippen LogP contribution in [-0.4, -0.2) is 26.0 Å². The van der Waals surface area contributed by atoms with Crippen molar-refractivity contribution in [3.63, 3.8) is 0 Å². The lowest BCUT2D eigenvalue weighted by Crippen LogP contribution is -2.06. The average molecular weight is 229 g/mol. The zero-order chi connectivity index (χ0) is 11.8. The first-order valence-electron chi connectivity index (χ1n) is 5.49. The maximum absolute atomic E-state index is 11.1. The smallest absolute Gasteiger partial charge is 0.339 e. The number of hydrogen-bond donors (Lipinski definition) is 2. The second-order valence-corrected chi connectivity index (χ2v) is 4.16. The summed E-state index contributed by atoms with van der Waals surface area (Å²) in [6.07, 6.45) is 5.22. The van der Waals surface area contributed by atoms with E-state index in [2.05, 4.69) is 15.0 Å². The summed E-state index contributed by atoms with van der Waals surface area (Å²) in [6, 6.07) is 3.73. The molecule has 1 saturated carbocycles. The van der Waals surface area contributed by atoms with Gasteiger partial charge in [-0.3, -0.25) is 0 Å². The van der Waals surface area contributed by atoms with Crippen LogP contribution < -0.4 is 0 Å². The zero-order valence-electron chi connectivity index (χ0n) is 9.05. The normalized spacial score (nSPS) is 14.8. The summed E-state index contributed by atoms with van der Waals surface area (Å²) >= 11 is 0. The standard InChI is InChI=1S/C12H11N3O2/c16-12(17)8-6-14-11(9-2-1-5-13-9)15-10(8)7-3-4-7/h1-2,5-7,13H,3-4H2,(H,16,17). The third kappa shape index (κ3) is 1.80. The minimum Gasteiger partial charge on any atom is -0.478 e. The number of carbonyl (C=O) groups is 1. The Labute approximate surface area is 97.5 Å². The molecule has 0 amide bonds. The van der Waals surface area contributed by atoms with Gasteiger partial charge in [-0.25, -0.2) is 14.8 Å². The molecule has 0 aliphatic heterocycles. The molecule has 1 fully saturated rings. The largest absolute Gasteiger partial charge is 0.478 e. The maximum atomic E-state index is 11.1. The van der Waals surface area contributed by atoms with Gasteiger partial charge in [0.15, 0.2) is 5.82 Å². The lowest BCUT2D eigenvalue weighted by Gasteiger charge is -2.05. The van der Waals surface area contributed by atoms with Gasteiger partial charge in [-0.2, -0.15) is 0 Å². The third-order valence-electron chi connectivity index (χ3n) is 2.85. The number of nitrogens with zero attached hydrogens (tertiary/aromatic N) is 2. The topological polar surface area (TPSA) is 78.9 Å². The van der Waals surface area contributed by atoms with Gasteiger partial charge in [-0.1, -0.05) is 0 Å². The number of hydrogen-bond acceptors (Lipinski definition) is 3. The number of nitrogens with one attached hydrogen (secondary N) is 1. The molecule has 2 heterocycles. The van der Waals surface area contributed by atoms with Crippen LogP contribution in [-0.2, 0) is 0 Å². The number of carboxylic acids is 1. The summed E-state index contributed by atoms with van der Waals surface area (Å²) < 4.78 is 0. The molecule has 5 nitrogen and oxygen atoms in total. The molecule has 2 N–H and O–H groups in total. The highest BCUT2D eigenvalue weighted by Gasteiger charge is 2.30. The number of carboxylic acid groups (broad SMARTS) is 1. The van der Waals surface area contributed by atoms with Crippen molar-refractivity contribution in [3.05, 3.63) is 35.8 Å². The molecular weight excluding hydrogens is 218 g/mol. The van der Waals surface area contributed by atoms with E-state index in [9.17, 15) is 4.79 Å². The Bertz CT molecular complexity index is 559. The highest BCUT2D eigenvalue weighted by Crippen LogP contribution is 2.40. The van der Waals surface area contributed by atoms with Crippen molar-refractivity contribution in [2.24, 2.45) is 0 Å². The molecule has 0 spiro atoms. The summed E-state index contributed by atoms with van der Waals surface area (Å²) in [5.41, 5.74) is 1.70. The van der Waals surface area contributed by atoms with E-state index in [0.717, 1.165) is 18.5 Å². The van der Waals surface area contributed by atoms with Crippen LogP contribution >= 0.6 is 0 Å². The molecule has 86 valence electrons. The maximum Gasteiger partial charge on any atom is 0.339 e. The molecule has 17 heavy (non-hydrogen) atoms. The summed E-state index contributed by atoms with van der Waals surface area (Å²) in [6.45, 7) is 0. The number of aromatic nitrogens is 3. The highest BCUT2D eigenvalue weighted by molar-refractivity contribution is 5.89. The Hall–Kier alpha value is -2.17. The lowest BCUT2D eigenvalue weighted by atomic mass is 10.1. The molecule has 5 heteroatoms. The van der Waals surface area contributed by atoms with Gasteiger partial charge in [-0.15, -0.1) is 0 Å². The van der Waals surface area contributed by atoms with Crippen molar-refractivity contribution < 1.29 is 9.90 Å². The van der Waals surface area contributed by atoms with Crippen molar-refractivity contribution in [2.45, 2.75) is 18.8 Å². The minimum absolute atomic E-state index is 0.225. The van der Waals surface area contributed by atoms with Crippen LogP contribution in [0.25, 0.3) is 11.5 Å². The molecule has 0 radical (unpaired) electrons. The summed E-state index contributed by atoms with van der Waals surface area (Å²) in [4.78, 5) is 22.5. The van der Waals surface area contributed by atoms with Gasteiger partial charge in [0.25, 0.3) is 0 Å². The van der Waals surface area contributed by atoms with Crippen LogP contribution in [0.4, 0.5) is 0 Å². The van der Waals surface area contributed by atoms with Crippen molar-refractivity contribution in [3.8, 4) is 11.5 Å². The van der Waals surface area contributed by atoms with Gasteiger partial charge < -0.3 is 10.1 Å². The minimum atomic E-state index is -0.954. The number of rotatable bonds is 3. The molecule has 1 aliphatic rings. The summed E-state index contributed by atoms with van der Waals surface area (Å²) in [5.74, 6) is -0.107. The van der Waals surface area contributed by atoms with Gasteiger partial charge in [0, 0.05) is 18.3 Å². The first-order valence-corrected chi connectivity index (χ1v) is 5.49. The number of aromatic carboxylic acids is 1. The molecule has 1 aliphatic carbocycles. The van der Waals surface area contributed by atoms with E-state index < -0.39 is 5.97 Å². The second kappa shape index (κ2) is 3.69. The van der Waals surface area contributed by atoms with Crippen molar-refractivity contribution in [1.29, 1.82) is 0 Å². The first-order chi connectivity index (χ1) is 8.25. The predicted octanol–water partition coefficient (Wildman–Crippen LogP) is 2.05. The Kier molecular flexibility index (Phi) is 2.18. The average Bonchev–Trinajstić information content (AvgIpc) is 3.03. The molecule has 3 rings (SSSR count). The number of H-pyrrole nitrogens is 1. The molecule has 0 bridgehead atoms. The molecule has 2 aromatic rings. The van der Waals surface area contributed by atoms with Crippen LogP contribution in [0.3, 0.4) is 0 Å². The fourth-order valence-electron chi connectivity index (χ4n) is 1.83. The van der Waals surface area contributed by atoms with Gasteiger partial charge in [0.1, 0.15) is 0 Å². The molecule has 0 saturated heterocycles. The van der Waals surface area contributed by atoms with E-state index >= 15 is 0 Å². The van der Waals surface area contributed by atoms with Crippen LogP contribution in [0.5, 0.6) is 0 Å². The van der Waals surface area contributed by atoms with Gasteiger partial charge >= 0.3 is 5.97 Å². The van der Waals surface area contributed by atoms with Crippen LogP contribution in [0, 0.1) is 0 Å². The number of aromatic amines is 1. The lowest BCUT2D eigenvalue weighted by molar-refractivity contribution is 0.0694. The fraction of sp³-hybridized carbons (Fsp3) is 0.250. The van der Waals surface area contributed by atoms with E-state index in [1.165, 1.54) is 6.20 Å².